The first kappa shape index (κ1) is 28.5. The summed E-state index contributed by atoms with van der Waals surface area (Å²) in [7, 11) is 3.26. The van der Waals surface area contributed by atoms with Crippen molar-refractivity contribution in [1.29, 1.82) is 0 Å². The van der Waals surface area contributed by atoms with E-state index in [9.17, 15) is 8.42 Å². The van der Waals surface area contributed by atoms with Crippen LogP contribution in [0.15, 0.2) is 41.3 Å². The van der Waals surface area contributed by atoms with E-state index in [0.29, 0.717) is 47.7 Å². The second kappa shape index (κ2) is 12.1. The molecule has 0 bridgehead atoms. The molecule has 13 heteroatoms. The van der Waals surface area contributed by atoms with Crippen LogP contribution in [-0.2, 0) is 16.6 Å². The van der Waals surface area contributed by atoms with E-state index in [1.807, 2.05) is 43.1 Å². The number of halogens is 1. The zero-order valence-corrected chi connectivity index (χ0v) is 24.1. The SMILES string of the molecule is COc1ccc(COc2nc3c(nc2NS(=O)(=O)c2cccc(Cl)c2C)N(C)CCO3)cc1OCCN(C)C. The lowest BCUT2D eigenvalue weighted by molar-refractivity contribution is 0.248. The number of rotatable bonds is 11. The molecule has 4 rings (SSSR count). The van der Waals surface area contributed by atoms with Gasteiger partial charge in [-0.25, -0.2) is 13.4 Å². The van der Waals surface area contributed by atoms with Gasteiger partial charge in [0.25, 0.3) is 21.8 Å². The van der Waals surface area contributed by atoms with Crippen LogP contribution >= 0.6 is 11.6 Å². The van der Waals surface area contributed by atoms with Crippen LogP contribution in [-0.4, -0.2) is 77.8 Å². The number of aromatic nitrogens is 2. The highest BCUT2D eigenvalue weighted by atomic mass is 35.5. The number of likely N-dealkylation sites (N-methyl/N-ethyl adjacent to an activating group) is 2. The lowest BCUT2D eigenvalue weighted by Gasteiger charge is -2.26. The van der Waals surface area contributed by atoms with Gasteiger partial charge in [-0.1, -0.05) is 23.7 Å². The quantitative estimate of drug-likeness (QED) is 0.362. The van der Waals surface area contributed by atoms with Gasteiger partial charge >= 0.3 is 0 Å². The summed E-state index contributed by atoms with van der Waals surface area (Å²) in [4.78, 5) is 12.8. The molecule has 0 aliphatic carbocycles. The van der Waals surface area contributed by atoms with Gasteiger partial charge in [-0.15, -0.1) is 0 Å². The summed E-state index contributed by atoms with van der Waals surface area (Å²) >= 11 is 6.18. The Hall–Kier alpha value is -3.48. The highest BCUT2D eigenvalue weighted by Gasteiger charge is 2.27. The molecule has 0 fully saturated rings. The van der Waals surface area contributed by atoms with Gasteiger partial charge in [-0.05, 0) is 56.4 Å². The van der Waals surface area contributed by atoms with Crippen LogP contribution < -0.4 is 28.6 Å². The predicted octanol–water partition coefficient (Wildman–Crippen LogP) is 3.60. The number of hydrogen-bond donors (Lipinski definition) is 1. The number of benzene rings is 2. The fourth-order valence-electron chi connectivity index (χ4n) is 3.77. The molecule has 1 N–H and O–H groups in total. The first-order valence-electron chi connectivity index (χ1n) is 12.2. The van der Waals surface area contributed by atoms with Crippen LogP contribution in [0.25, 0.3) is 0 Å². The summed E-state index contributed by atoms with van der Waals surface area (Å²) in [6, 6.07) is 10.1. The average molecular weight is 578 g/mol. The van der Waals surface area contributed by atoms with Gasteiger partial charge in [0.2, 0.25) is 5.82 Å². The largest absolute Gasteiger partial charge is 0.493 e. The number of sulfonamides is 1. The molecule has 11 nitrogen and oxygen atoms in total. The minimum Gasteiger partial charge on any atom is -0.493 e. The van der Waals surface area contributed by atoms with Gasteiger partial charge in [0, 0.05) is 18.6 Å². The van der Waals surface area contributed by atoms with Gasteiger partial charge in [0.15, 0.2) is 17.3 Å². The van der Waals surface area contributed by atoms with E-state index in [4.69, 9.17) is 30.5 Å². The summed E-state index contributed by atoms with van der Waals surface area (Å²) in [5.41, 5.74) is 1.17. The Balaban J connectivity index is 1.63. The third-order valence-electron chi connectivity index (χ3n) is 5.98. The fourth-order valence-corrected chi connectivity index (χ4v) is 5.27. The van der Waals surface area contributed by atoms with Crippen molar-refractivity contribution in [3.63, 3.8) is 0 Å². The summed E-state index contributed by atoms with van der Waals surface area (Å²) in [6.45, 7) is 3.89. The Morgan fingerprint density at radius 3 is 2.69 bits per heavy atom. The van der Waals surface area contributed by atoms with Crippen LogP contribution in [0.4, 0.5) is 11.6 Å². The second-order valence-corrected chi connectivity index (χ2v) is 11.2. The number of methoxy groups -OCH3 is 1. The van der Waals surface area contributed by atoms with Crippen molar-refractivity contribution in [1.82, 2.24) is 14.9 Å². The second-order valence-electron chi connectivity index (χ2n) is 9.17. The van der Waals surface area contributed by atoms with Gasteiger partial charge in [-0.3, -0.25) is 4.72 Å². The zero-order valence-electron chi connectivity index (χ0n) is 22.5. The Labute approximate surface area is 233 Å². The molecule has 0 atom stereocenters. The van der Waals surface area contributed by atoms with Crippen LogP contribution in [0.2, 0.25) is 5.02 Å². The summed E-state index contributed by atoms with van der Waals surface area (Å²) in [5, 5.41) is 0.335. The van der Waals surface area contributed by atoms with Gasteiger partial charge in [0.05, 0.1) is 18.6 Å². The molecule has 1 aliphatic rings. The number of nitrogens with zero attached hydrogens (tertiary/aromatic N) is 4. The van der Waals surface area contributed by atoms with E-state index in [1.165, 1.54) is 6.07 Å². The molecule has 0 saturated carbocycles. The van der Waals surface area contributed by atoms with E-state index in [2.05, 4.69) is 14.7 Å². The van der Waals surface area contributed by atoms with Crippen LogP contribution in [0.1, 0.15) is 11.1 Å². The van der Waals surface area contributed by atoms with Crippen molar-refractivity contribution < 1.29 is 27.4 Å². The number of anilines is 2. The third-order valence-corrected chi connectivity index (χ3v) is 7.87. The van der Waals surface area contributed by atoms with Gasteiger partial charge < -0.3 is 28.7 Å². The molecule has 2 heterocycles. The summed E-state index contributed by atoms with van der Waals surface area (Å²) < 4.78 is 52.2. The molecular formula is C26H32ClN5O6S. The van der Waals surface area contributed by atoms with Crippen LogP contribution in [0.5, 0.6) is 23.3 Å². The van der Waals surface area contributed by atoms with Crippen molar-refractivity contribution in [2.24, 2.45) is 0 Å². The summed E-state index contributed by atoms with van der Waals surface area (Å²) in [6.07, 6.45) is 0. The highest BCUT2D eigenvalue weighted by Crippen LogP contribution is 2.36. The monoisotopic (exact) mass is 577 g/mol. The minimum atomic E-state index is -4.07. The van der Waals surface area contributed by atoms with E-state index in [0.717, 1.165) is 12.1 Å². The molecule has 1 aromatic heterocycles. The van der Waals surface area contributed by atoms with E-state index >= 15 is 0 Å². The van der Waals surface area contributed by atoms with Crippen molar-refractivity contribution >= 4 is 33.3 Å². The Bertz CT molecular complexity index is 1440. The third kappa shape index (κ3) is 6.75. The predicted molar refractivity (Wildman–Crippen MR) is 149 cm³/mol. The molecule has 0 amide bonds. The lowest BCUT2D eigenvalue weighted by atomic mass is 10.2. The Morgan fingerprint density at radius 1 is 1.15 bits per heavy atom. The molecule has 0 radical (unpaired) electrons. The number of hydrogen-bond acceptors (Lipinski definition) is 10. The first-order chi connectivity index (χ1) is 18.6. The fraction of sp³-hybridized carbons (Fsp3) is 0.385. The van der Waals surface area contributed by atoms with E-state index < -0.39 is 10.0 Å². The summed E-state index contributed by atoms with van der Waals surface area (Å²) in [5.74, 6) is 1.71. The maximum absolute atomic E-state index is 13.3. The highest BCUT2D eigenvalue weighted by molar-refractivity contribution is 7.92. The normalized spacial score (nSPS) is 13.1. The van der Waals surface area contributed by atoms with Crippen molar-refractivity contribution in [3.05, 3.63) is 52.5 Å². The molecule has 210 valence electrons. The molecule has 2 aromatic carbocycles. The maximum Gasteiger partial charge on any atom is 0.263 e. The topological polar surface area (TPSA) is 115 Å². The minimum absolute atomic E-state index is 0.0275. The molecule has 0 spiro atoms. The average Bonchev–Trinajstić information content (AvgIpc) is 2.89. The van der Waals surface area contributed by atoms with E-state index in [1.54, 1.807) is 32.2 Å². The molecule has 0 unspecified atom stereocenters. The lowest BCUT2D eigenvalue weighted by Crippen LogP contribution is -2.31. The van der Waals surface area contributed by atoms with E-state index in [-0.39, 0.29) is 29.1 Å². The zero-order chi connectivity index (χ0) is 28.2. The van der Waals surface area contributed by atoms with Crippen molar-refractivity contribution in [2.45, 2.75) is 18.4 Å². The van der Waals surface area contributed by atoms with Gasteiger partial charge in [-0.2, -0.15) is 4.98 Å². The maximum atomic E-state index is 13.3. The standard InChI is InChI=1S/C26H32ClN5O6S/c1-17-19(27)7-6-8-22(17)39(33,34)30-23-25(29-26-24(28-23)32(4)12-14-37-26)38-16-18-9-10-20(35-5)21(15-18)36-13-11-31(2)3/h6-10,15H,11-14,16H2,1-5H3,(H,28,30). The number of nitrogens with one attached hydrogen (secondary N) is 1. The number of ether oxygens (including phenoxy) is 4. The van der Waals surface area contributed by atoms with Crippen molar-refractivity contribution in [2.75, 3.05) is 64.2 Å². The molecular weight excluding hydrogens is 546 g/mol. The smallest absolute Gasteiger partial charge is 0.263 e. The Kier molecular flexibility index (Phi) is 8.88. The molecule has 0 saturated heterocycles. The van der Waals surface area contributed by atoms with Crippen LogP contribution in [0, 0.1) is 6.92 Å². The molecule has 3 aromatic rings. The molecule has 1 aliphatic heterocycles. The Morgan fingerprint density at radius 2 is 1.95 bits per heavy atom. The van der Waals surface area contributed by atoms with Crippen LogP contribution in [0.3, 0.4) is 0 Å². The van der Waals surface area contributed by atoms with Gasteiger partial charge in [0.1, 0.15) is 19.8 Å². The first-order valence-corrected chi connectivity index (χ1v) is 14.1. The van der Waals surface area contributed by atoms with Crippen molar-refractivity contribution in [3.8, 4) is 23.3 Å². The number of fused-ring (bicyclic) bond motifs is 1. The molecule has 39 heavy (non-hydrogen) atoms.